The molecular weight excluding hydrogens is 356 g/mol. The van der Waals surface area contributed by atoms with E-state index in [1.165, 1.54) is 25.3 Å². The highest BCUT2D eigenvalue weighted by Gasteiger charge is 2.26. The zero-order chi connectivity index (χ0) is 19.6. The summed E-state index contributed by atoms with van der Waals surface area (Å²) in [6.45, 7) is 2.29. The Morgan fingerprint density at radius 2 is 1.81 bits per heavy atom. The molecule has 1 aliphatic heterocycles. The highest BCUT2D eigenvalue weighted by atomic mass is 16.6. The fourth-order valence-corrected chi connectivity index (χ4v) is 2.60. The molecule has 2 aromatic rings. The molecule has 0 radical (unpaired) electrons. The summed E-state index contributed by atoms with van der Waals surface area (Å²) >= 11 is 0. The molecule has 0 atom stereocenters. The van der Waals surface area contributed by atoms with Gasteiger partial charge in [-0.2, -0.15) is 0 Å². The zero-order valence-corrected chi connectivity index (χ0v) is 14.6. The summed E-state index contributed by atoms with van der Waals surface area (Å²) in [6, 6.07) is 7.09. The second-order valence-corrected chi connectivity index (χ2v) is 5.75. The van der Waals surface area contributed by atoms with E-state index in [1.807, 2.05) is 0 Å². The molecular formula is C18H16N2O7. The summed E-state index contributed by atoms with van der Waals surface area (Å²) in [6.07, 6.45) is 0. The Hall–Kier alpha value is -3.62. The number of hydrogen-bond donors (Lipinski definition) is 1. The number of nitrogens with zero attached hydrogens (tertiary/aromatic N) is 1. The van der Waals surface area contributed by atoms with Gasteiger partial charge in [-0.3, -0.25) is 14.9 Å². The number of rotatable bonds is 4. The minimum absolute atomic E-state index is 0.174. The highest BCUT2D eigenvalue weighted by molar-refractivity contribution is 6.08. The Kier molecular flexibility index (Phi) is 4.93. The van der Waals surface area contributed by atoms with Crippen molar-refractivity contribution in [2.24, 2.45) is 0 Å². The molecule has 9 heteroatoms. The lowest BCUT2D eigenvalue weighted by Crippen LogP contribution is -2.19. The number of nitro groups is 1. The van der Waals surface area contributed by atoms with Crippen LogP contribution in [0.2, 0.25) is 0 Å². The van der Waals surface area contributed by atoms with E-state index < -0.39 is 22.5 Å². The Morgan fingerprint density at radius 1 is 1.15 bits per heavy atom. The second kappa shape index (κ2) is 7.32. The molecule has 0 aliphatic carbocycles. The topological polar surface area (TPSA) is 117 Å². The van der Waals surface area contributed by atoms with Gasteiger partial charge in [0.15, 0.2) is 11.5 Å². The predicted octanol–water partition coefficient (Wildman–Crippen LogP) is 2.71. The quantitative estimate of drug-likeness (QED) is 0.498. The molecule has 9 nitrogen and oxygen atoms in total. The predicted molar refractivity (Wildman–Crippen MR) is 94.6 cm³/mol. The maximum Gasteiger partial charge on any atom is 0.337 e. The molecule has 0 aromatic heterocycles. The van der Waals surface area contributed by atoms with Crippen molar-refractivity contribution in [3.63, 3.8) is 0 Å². The lowest BCUT2D eigenvalue weighted by molar-refractivity contribution is -0.385. The van der Waals surface area contributed by atoms with E-state index in [4.69, 9.17) is 9.47 Å². The molecule has 0 saturated carbocycles. The van der Waals surface area contributed by atoms with E-state index in [1.54, 1.807) is 19.1 Å². The number of nitro benzene ring substituents is 1. The Labute approximate surface area is 154 Å². The summed E-state index contributed by atoms with van der Waals surface area (Å²) in [5.74, 6) is -0.787. The van der Waals surface area contributed by atoms with Crippen LogP contribution in [-0.4, -0.2) is 37.1 Å². The van der Waals surface area contributed by atoms with E-state index in [0.717, 1.165) is 0 Å². The van der Waals surface area contributed by atoms with Gasteiger partial charge < -0.3 is 19.5 Å². The number of methoxy groups -OCH3 is 1. The van der Waals surface area contributed by atoms with Gasteiger partial charge >= 0.3 is 5.97 Å². The van der Waals surface area contributed by atoms with Crippen LogP contribution in [0, 0.1) is 17.0 Å². The molecule has 0 unspecified atom stereocenters. The van der Waals surface area contributed by atoms with E-state index in [-0.39, 0.29) is 35.8 Å². The number of benzene rings is 2. The third-order valence-corrected chi connectivity index (χ3v) is 4.01. The second-order valence-electron chi connectivity index (χ2n) is 5.75. The zero-order valence-electron chi connectivity index (χ0n) is 14.6. The van der Waals surface area contributed by atoms with Crippen LogP contribution >= 0.6 is 0 Å². The molecule has 0 saturated heterocycles. The summed E-state index contributed by atoms with van der Waals surface area (Å²) in [5, 5.41) is 14.0. The number of hydrogen-bond acceptors (Lipinski definition) is 7. The van der Waals surface area contributed by atoms with Crippen LogP contribution in [0.5, 0.6) is 11.5 Å². The average Bonchev–Trinajstić information content (AvgIpc) is 2.67. The van der Waals surface area contributed by atoms with Crippen LogP contribution in [0.1, 0.15) is 26.3 Å². The molecule has 1 amide bonds. The molecule has 0 fully saturated rings. The van der Waals surface area contributed by atoms with Gasteiger partial charge in [0.05, 0.1) is 23.7 Å². The van der Waals surface area contributed by atoms with Crippen molar-refractivity contribution in [3.8, 4) is 11.5 Å². The monoisotopic (exact) mass is 372 g/mol. The molecule has 140 valence electrons. The van der Waals surface area contributed by atoms with Crippen molar-refractivity contribution in [1.82, 2.24) is 0 Å². The number of anilines is 1. The number of ether oxygens (including phenoxy) is 3. The third kappa shape index (κ3) is 3.66. The molecule has 0 bridgehead atoms. The number of nitrogens with one attached hydrogen (secondary N) is 1. The Balaban J connectivity index is 1.97. The summed E-state index contributed by atoms with van der Waals surface area (Å²) < 4.78 is 15.4. The Morgan fingerprint density at radius 3 is 2.44 bits per heavy atom. The number of esters is 1. The minimum atomic E-state index is -0.705. The van der Waals surface area contributed by atoms with Crippen molar-refractivity contribution in [2.45, 2.75) is 6.92 Å². The molecule has 1 aliphatic rings. The molecule has 2 aromatic carbocycles. The van der Waals surface area contributed by atoms with E-state index in [0.29, 0.717) is 11.3 Å². The average molecular weight is 372 g/mol. The number of aryl methyl sites for hydroxylation is 1. The first kappa shape index (κ1) is 18.2. The van der Waals surface area contributed by atoms with Crippen molar-refractivity contribution in [3.05, 3.63) is 57.1 Å². The maximum absolute atomic E-state index is 12.7. The van der Waals surface area contributed by atoms with Gasteiger partial charge in [-0.15, -0.1) is 0 Å². The van der Waals surface area contributed by atoms with Crippen LogP contribution in [0.4, 0.5) is 11.4 Å². The van der Waals surface area contributed by atoms with Crippen molar-refractivity contribution < 1.29 is 28.7 Å². The van der Waals surface area contributed by atoms with Crippen LogP contribution < -0.4 is 14.8 Å². The smallest absolute Gasteiger partial charge is 0.337 e. The highest BCUT2D eigenvalue weighted by Crippen LogP contribution is 2.37. The fraction of sp³-hybridized carbons (Fsp3) is 0.222. The summed E-state index contributed by atoms with van der Waals surface area (Å²) in [7, 11) is 1.25. The molecule has 1 heterocycles. The van der Waals surface area contributed by atoms with Crippen LogP contribution in [0.3, 0.4) is 0 Å². The SMILES string of the molecule is COC(=O)c1ccc(C)c(NC(=O)c2cc3c(cc2[N+](=O)[O-])OCCO3)c1. The van der Waals surface area contributed by atoms with Gasteiger partial charge in [-0.05, 0) is 24.6 Å². The van der Waals surface area contributed by atoms with Gasteiger partial charge in [-0.1, -0.05) is 6.07 Å². The van der Waals surface area contributed by atoms with Gasteiger partial charge in [0.25, 0.3) is 11.6 Å². The lowest BCUT2D eigenvalue weighted by atomic mass is 10.1. The lowest BCUT2D eigenvalue weighted by Gasteiger charge is -2.19. The van der Waals surface area contributed by atoms with Gasteiger partial charge in [0, 0.05) is 11.8 Å². The number of amides is 1. The first-order valence-corrected chi connectivity index (χ1v) is 7.99. The molecule has 1 N–H and O–H groups in total. The standard InChI is InChI=1S/C18H16N2O7/c1-10-3-4-11(18(22)25-2)7-13(10)19-17(21)12-8-15-16(27-6-5-26-15)9-14(12)20(23)24/h3-4,7-9H,5-6H2,1-2H3,(H,19,21). The van der Waals surface area contributed by atoms with Gasteiger partial charge in [0.2, 0.25) is 0 Å². The largest absolute Gasteiger partial charge is 0.486 e. The summed E-state index contributed by atoms with van der Waals surface area (Å²) in [5.41, 5.74) is 0.684. The van der Waals surface area contributed by atoms with Crippen LogP contribution in [-0.2, 0) is 4.74 Å². The normalized spacial score (nSPS) is 12.2. The number of fused-ring (bicyclic) bond motifs is 1. The van der Waals surface area contributed by atoms with Crippen molar-refractivity contribution in [1.29, 1.82) is 0 Å². The van der Waals surface area contributed by atoms with Gasteiger partial charge in [0.1, 0.15) is 18.8 Å². The maximum atomic E-state index is 12.7. The fourth-order valence-electron chi connectivity index (χ4n) is 2.60. The first-order chi connectivity index (χ1) is 12.9. The first-order valence-electron chi connectivity index (χ1n) is 7.99. The number of carbonyl (C=O) groups excluding carboxylic acids is 2. The minimum Gasteiger partial charge on any atom is -0.486 e. The van der Waals surface area contributed by atoms with E-state index >= 15 is 0 Å². The van der Waals surface area contributed by atoms with Crippen molar-refractivity contribution in [2.75, 3.05) is 25.6 Å². The third-order valence-electron chi connectivity index (χ3n) is 4.01. The summed E-state index contributed by atoms with van der Waals surface area (Å²) in [4.78, 5) is 35.1. The van der Waals surface area contributed by atoms with Crippen LogP contribution in [0.25, 0.3) is 0 Å². The molecule has 27 heavy (non-hydrogen) atoms. The van der Waals surface area contributed by atoms with Crippen LogP contribution in [0.15, 0.2) is 30.3 Å². The number of carbonyl (C=O) groups is 2. The molecule has 0 spiro atoms. The molecule has 3 rings (SSSR count). The van der Waals surface area contributed by atoms with Crippen molar-refractivity contribution >= 4 is 23.3 Å². The van der Waals surface area contributed by atoms with E-state index in [2.05, 4.69) is 10.1 Å². The Bertz CT molecular complexity index is 940. The van der Waals surface area contributed by atoms with E-state index in [9.17, 15) is 19.7 Å². The van der Waals surface area contributed by atoms with Gasteiger partial charge in [-0.25, -0.2) is 4.79 Å².